The van der Waals surface area contributed by atoms with Gasteiger partial charge in [-0.15, -0.1) is 0 Å². The van der Waals surface area contributed by atoms with Crippen LogP contribution in [0, 0.1) is 0 Å². The summed E-state index contributed by atoms with van der Waals surface area (Å²) in [7, 11) is 3.01. The predicted octanol–water partition coefficient (Wildman–Crippen LogP) is 3.26. The molecule has 2 atom stereocenters. The molecule has 0 radical (unpaired) electrons. The molecular formula is C18H21NO3. The zero-order valence-electron chi connectivity index (χ0n) is 13.1. The summed E-state index contributed by atoms with van der Waals surface area (Å²) in [4.78, 5) is 12.1. The molecule has 0 saturated carbocycles. The Bertz CT molecular complexity index is 595. The van der Waals surface area contributed by atoms with Crippen molar-refractivity contribution >= 4 is 5.97 Å². The normalized spacial score (nSPS) is 13.2. The summed E-state index contributed by atoms with van der Waals surface area (Å²) in [5.74, 6) is 0.441. The highest BCUT2D eigenvalue weighted by Crippen LogP contribution is 2.22. The number of benzene rings is 2. The van der Waals surface area contributed by atoms with Crippen LogP contribution < -0.4 is 10.1 Å². The van der Waals surface area contributed by atoms with E-state index in [0.717, 1.165) is 16.9 Å². The Kier molecular flexibility index (Phi) is 5.55. The van der Waals surface area contributed by atoms with Gasteiger partial charge in [-0.05, 0) is 30.2 Å². The molecule has 0 amide bonds. The van der Waals surface area contributed by atoms with Gasteiger partial charge < -0.3 is 9.47 Å². The highest BCUT2D eigenvalue weighted by Gasteiger charge is 2.23. The molecule has 0 aliphatic rings. The largest absolute Gasteiger partial charge is 0.497 e. The van der Waals surface area contributed by atoms with Gasteiger partial charge in [0.25, 0.3) is 0 Å². The smallest absolute Gasteiger partial charge is 0.327 e. The van der Waals surface area contributed by atoms with Gasteiger partial charge in [0.1, 0.15) is 11.8 Å². The molecule has 4 heteroatoms. The van der Waals surface area contributed by atoms with E-state index in [-0.39, 0.29) is 12.0 Å². The fraction of sp³-hybridized carbons (Fsp3) is 0.278. The molecule has 0 saturated heterocycles. The highest BCUT2D eigenvalue weighted by atomic mass is 16.5. The van der Waals surface area contributed by atoms with Crippen molar-refractivity contribution in [2.45, 2.75) is 19.0 Å². The molecule has 4 nitrogen and oxygen atoms in total. The zero-order chi connectivity index (χ0) is 15.9. The molecule has 22 heavy (non-hydrogen) atoms. The average Bonchev–Trinajstić information content (AvgIpc) is 2.59. The summed E-state index contributed by atoms with van der Waals surface area (Å²) < 4.78 is 10.1. The van der Waals surface area contributed by atoms with Crippen LogP contribution in [0.15, 0.2) is 54.6 Å². The topological polar surface area (TPSA) is 47.6 Å². The van der Waals surface area contributed by atoms with Gasteiger partial charge in [0.05, 0.1) is 14.2 Å². The molecular weight excluding hydrogens is 278 g/mol. The van der Waals surface area contributed by atoms with Crippen molar-refractivity contribution in [1.82, 2.24) is 5.32 Å². The minimum absolute atomic E-state index is 0.0207. The molecule has 0 fully saturated rings. The Balaban J connectivity index is 2.20. The average molecular weight is 299 g/mol. The van der Waals surface area contributed by atoms with Gasteiger partial charge in [-0.25, -0.2) is 4.79 Å². The van der Waals surface area contributed by atoms with E-state index in [0.29, 0.717) is 0 Å². The third-order valence-electron chi connectivity index (χ3n) is 3.60. The van der Waals surface area contributed by atoms with Crippen molar-refractivity contribution in [3.8, 4) is 5.75 Å². The molecule has 0 aliphatic heterocycles. The van der Waals surface area contributed by atoms with Gasteiger partial charge in [-0.2, -0.15) is 0 Å². The fourth-order valence-electron chi connectivity index (χ4n) is 2.30. The predicted molar refractivity (Wildman–Crippen MR) is 85.7 cm³/mol. The minimum atomic E-state index is -0.522. The Hall–Kier alpha value is -2.33. The number of hydrogen-bond acceptors (Lipinski definition) is 4. The monoisotopic (exact) mass is 299 g/mol. The lowest BCUT2D eigenvalue weighted by atomic mass is 10.0. The van der Waals surface area contributed by atoms with Crippen LogP contribution in [0.25, 0.3) is 0 Å². The van der Waals surface area contributed by atoms with Crippen LogP contribution in [0.3, 0.4) is 0 Å². The molecule has 116 valence electrons. The summed E-state index contributed by atoms with van der Waals surface area (Å²) in [5.41, 5.74) is 1.96. The third-order valence-corrected chi connectivity index (χ3v) is 3.60. The summed E-state index contributed by atoms with van der Waals surface area (Å²) in [6.07, 6.45) is 0. The van der Waals surface area contributed by atoms with Crippen molar-refractivity contribution < 1.29 is 14.3 Å². The maximum Gasteiger partial charge on any atom is 0.327 e. The van der Waals surface area contributed by atoms with Crippen LogP contribution in [0.2, 0.25) is 0 Å². The van der Waals surface area contributed by atoms with Crippen molar-refractivity contribution in [1.29, 1.82) is 0 Å². The number of hydrogen-bond donors (Lipinski definition) is 1. The molecule has 2 unspecified atom stereocenters. The van der Waals surface area contributed by atoms with E-state index in [1.807, 2.05) is 61.5 Å². The Morgan fingerprint density at radius 3 is 2.14 bits per heavy atom. The first-order valence-electron chi connectivity index (χ1n) is 7.18. The van der Waals surface area contributed by atoms with E-state index in [1.54, 1.807) is 7.11 Å². The first kappa shape index (κ1) is 16.0. The van der Waals surface area contributed by atoms with Crippen molar-refractivity contribution in [2.75, 3.05) is 14.2 Å². The van der Waals surface area contributed by atoms with Crippen LogP contribution >= 0.6 is 0 Å². The second kappa shape index (κ2) is 7.61. The number of rotatable bonds is 6. The van der Waals surface area contributed by atoms with Crippen LogP contribution in [0.1, 0.15) is 30.1 Å². The maximum absolute atomic E-state index is 12.1. The molecule has 0 bridgehead atoms. The molecule has 0 heterocycles. The number of carbonyl (C=O) groups is 1. The van der Waals surface area contributed by atoms with Crippen LogP contribution in [0.4, 0.5) is 0 Å². The van der Waals surface area contributed by atoms with Gasteiger partial charge in [0, 0.05) is 6.04 Å². The zero-order valence-corrected chi connectivity index (χ0v) is 13.1. The van der Waals surface area contributed by atoms with Gasteiger partial charge >= 0.3 is 5.97 Å². The second-order valence-corrected chi connectivity index (χ2v) is 5.03. The summed E-state index contributed by atoms with van der Waals surface area (Å²) >= 11 is 0. The van der Waals surface area contributed by atoms with Crippen molar-refractivity contribution in [2.24, 2.45) is 0 Å². The van der Waals surface area contributed by atoms with Crippen molar-refractivity contribution in [3.05, 3.63) is 65.7 Å². The first-order chi connectivity index (χ1) is 10.7. The SMILES string of the molecule is COC(=O)C(NC(C)c1ccccc1)c1ccc(OC)cc1. The third kappa shape index (κ3) is 3.86. The highest BCUT2D eigenvalue weighted by molar-refractivity contribution is 5.77. The molecule has 0 spiro atoms. The molecule has 2 aromatic rings. The lowest BCUT2D eigenvalue weighted by Gasteiger charge is -2.22. The summed E-state index contributed by atoms with van der Waals surface area (Å²) in [6.45, 7) is 2.02. The minimum Gasteiger partial charge on any atom is -0.497 e. The molecule has 2 rings (SSSR count). The lowest BCUT2D eigenvalue weighted by Crippen LogP contribution is -2.31. The second-order valence-electron chi connectivity index (χ2n) is 5.03. The van der Waals surface area contributed by atoms with E-state index in [2.05, 4.69) is 5.32 Å². The van der Waals surface area contributed by atoms with Gasteiger partial charge in [-0.1, -0.05) is 42.5 Å². The fourth-order valence-corrected chi connectivity index (χ4v) is 2.30. The number of ether oxygens (including phenoxy) is 2. The van der Waals surface area contributed by atoms with E-state index in [9.17, 15) is 4.79 Å². The van der Waals surface area contributed by atoms with Crippen LogP contribution in [0.5, 0.6) is 5.75 Å². The maximum atomic E-state index is 12.1. The van der Waals surface area contributed by atoms with Gasteiger partial charge in [0.15, 0.2) is 0 Å². The number of esters is 1. The van der Waals surface area contributed by atoms with Crippen LogP contribution in [-0.4, -0.2) is 20.2 Å². The van der Waals surface area contributed by atoms with E-state index < -0.39 is 6.04 Å². The number of methoxy groups -OCH3 is 2. The Labute approximate surface area is 131 Å². The van der Waals surface area contributed by atoms with Gasteiger partial charge in [0.2, 0.25) is 0 Å². The standard InChI is InChI=1S/C18H21NO3/c1-13(14-7-5-4-6-8-14)19-17(18(20)22-3)15-9-11-16(21-2)12-10-15/h4-13,17,19H,1-3H3. The number of nitrogens with one attached hydrogen (secondary N) is 1. The number of carbonyl (C=O) groups excluding carboxylic acids is 1. The van der Waals surface area contributed by atoms with Gasteiger partial charge in [-0.3, -0.25) is 5.32 Å². The Morgan fingerprint density at radius 2 is 1.59 bits per heavy atom. The van der Waals surface area contributed by atoms with E-state index >= 15 is 0 Å². The molecule has 2 aromatic carbocycles. The summed E-state index contributed by atoms with van der Waals surface area (Å²) in [5, 5.41) is 3.32. The van der Waals surface area contributed by atoms with E-state index in [1.165, 1.54) is 7.11 Å². The van der Waals surface area contributed by atoms with Crippen molar-refractivity contribution in [3.63, 3.8) is 0 Å². The molecule has 0 aliphatic carbocycles. The first-order valence-corrected chi connectivity index (χ1v) is 7.18. The quantitative estimate of drug-likeness (QED) is 0.832. The Morgan fingerprint density at radius 1 is 0.955 bits per heavy atom. The summed E-state index contributed by atoms with van der Waals surface area (Å²) in [6, 6.07) is 16.9. The lowest BCUT2D eigenvalue weighted by molar-refractivity contribution is -0.143. The van der Waals surface area contributed by atoms with E-state index in [4.69, 9.17) is 9.47 Å². The van der Waals surface area contributed by atoms with Crippen LogP contribution in [-0.2, 0) is 9.53 Å². The molecule has 1 N–H and O–H groups in total. The molecule has 0 aromatic heterocycles.